The molecule has 0 aliphatic rings. The van der Waals surface area contributed by atoms with Gasteiger partial charge in [0.1, 0.15) is 16.8 Å². The fourth-order valence-electron chi connectivity index (χ4n) is 2.67. The molecule has 2 aromatic carbocycles. The van der Waals surface area contributed by atoms with Crippen molar-refractivity contribution in [2.45, 2.75) is 13.5 Å². The molecule has 3 rings (SSSR count). The van der Waals surface area contributed by atoms with E-state index in [0.717, 1.165) is 5.56 Å². The fraction of sp³-hybridized carbons (Fsp3) is 0.0952. The Bertz CT molecular complexity index is 1130. The van der Waals surface area contributed by atoms with Crippen molar-refractivity contribution in [3.8, 4) is 6.07 Å². The summed E-state index contributed by atoms with van der Waals surface area (Å²) in [5.74, 6) is -0.622. The van der Waals surface area contributed by atoms with Crippen molar-refractivity contribution in [3.63, 3.8) is 0 Å². The second-order valence-corrected chi connectivity index (χ2v) is 7.38. The van der Waals surface area contributed by atoms with Gasteiger partial charge in [0.15, 0.2) is 0 Å². The van der Waals surface area contributed by atoms with Gasteiger partial charge in [-0.3, -0.25) is 4.79 Å². The van der Waals surface area contributed by atoms with Crippen LogP contribution < -0.4 is 5.32 Å². The van der Waals surface area contributed by atoms with Crippen LogP contribution in [0.4, 0.5) is 5.69 Å². The van der Waals surface area contributed by atoms with Gasteiger partial charge in [0.25, 0.3) is 5.91 Å². The van der Waals surface area contributed by atoms with Gasteiger partial charge in [0, 0.05) is 10.6 Å². The van der Waals surface area contributed by atoms with Gasteiger partial charge in [-0.25, -0.2) is 4.68 Å². The summed E-state index contributed by atoms with van der Waals surface area (Å²) >= 11 is 18.5. The van der Waals surface area contributed by atoms with E-state index in [-0.39, 0.29) is 5.57 Å². The SMILES string of the molecule is Cc1nn(Cc2ccccc2)c(Cl)c1/C=C(\C#N)C(=O)Nc1cc(Cl)ccc1Cl. The summed E-state index contributed by atoms with van der Waals surface area (Å²) in [7, 11) is 0. The van der Waals surface area contributed by atoms with Gasteiger partial charge in [-0.2, -0.15) is 10.4 Å². The van der Waals surface area contributed by atoms with Crippen LogP contribution in [0.3, 0.4) is 0 Å². The van der Waals surface area contributed by atoms with E-state index in [2.05, 4.69) is 10.4 Å². The smallest absolute Gasteiger partial charge is 0.266 e. The molecule has 1 amide bonds. The number of nitriles is 1. The molecule has 146 valence electrons. The molecule has 3 aromatic rings. The first-order valence-corrected chi connectivity index (χ1v) is 9.67. The number of aryl methyl sites for hydroxylation is 1. The van der Waals surface area contributed by atoms with Crippen molar-refractivity contribution in [3.05, 3.63) is 86.1 Å². The molecule has 8 heteroatoms. The molecular weight excluding hydrogens is 431 g/mol. The van der Waals surface area contributed by atoms with Crippen molar-refractivity contribution in [2.24, 2.45) is 0 Å². The lowest BCUT2D eigenvalue weighted by atomic mass is 10.1. The summed E-state index contributed by atoms with van der Waals surface area (Å²) in [4.78, 5) is 12.6. The zero-order chi connectivity index (χ0) is 21.0. The quantitative estimate of drug-likeness (QED) is 0.402. The van der Waals surface area contributed by atoms with Crippen molar-refractivity contribution in [1.82, 2.24) is 9.78 Å². The molecule has 0 bridgehead atoms. The number of nitrogens with zero attached hydrogens (tertiary/aromatic N) is 3. The summed E-state index contributed by atoms with van der Waals surface area (Å²) in [6.07, 6.45) is 1.42. The molecule has 5 nitrogen and oxygen atoms in total. The predicted molar refractivity (Wildman–Crippen MR) is 116 cm³/mol. The van der Waals surface area contributed by atoms with Crippen LogP contribution in [-0.2, 0) is 11.3 Å². The van der Waals surface area contributed by atoms with Crippen LogP contribution in [0.2, 0.25) is 15.2 Å². The molecule has 1 N–H and O–H groups in total. The summed E-state index contributed by atoms with van der Waals surface area (Å²) in [6, 6.07) is 16.3. The number of halogens is 3. The van der Waals surface area contributed by atoms with Crippen molar-refractivity contribution in [1.29, 1.82) is 5.26 Å². The van der Waals surface area contributed by atoms with Gasteiger partial charge >= 0.3 is 0 Å². The molecule has 0 fully saturated rings. The van der Waals surface area contributed by atoms with Gasteiger partial charge in [-0.15, -0.1) is 0 Å². The Balaban J connectivity index is 1.88. The molecule has 1 heterocycles. The maximum atomic E-state index is 12.6. The third-order valence-corrected chi connectivity index (χ3v) is 5.08. The van der Waals surface area contributed by atoms with Crippen LogP contribution >= 0.6 is 34.8 Å². The molecule has 0 spiro atoms. The van der Waals surface area contributed by atoms with Gasteiger partial charge in [-0.1, -0.05) is 65.1 Å². The van der Waals surface area contributed by atoms with E-state index in [4.69, 9.17) is 34.8 Å². The number of rotatable bonds is 5. The summed E-state index contributed by atoms with van der Waals surface area (Å²) < 4.78 is 1.62. The largest absolute Gasteiger partial charge is 0.320 e. The summed E-state index contributed by atoms with van der Waals surface area (Å²) in [5.41, 5.74) is 2.32. The molecule has 0 saturated heterocycles. The molecule has 0 aliphatic heterocycles. The molecule has 0 unspecified atom stereocenters. The average Bonchev–Trinajstić information content (AvgIpc) is 2.96. The Morgan fingerprint density at radius 3 is 2.62 bits per heavy atom. The lowest BCUT2D eigenvalue weighted by Crippen LogP contribution is -2.13. The topological polar surface area (TPSA) is 70.7 Å². The van der Waals surface area contributed by atoms with Crippen molar-refractivity contribution >= 4 is 52.5 Å². The van der Waals surface area contributed by atoms with Crippen LogP contribution in [-0.4, -0.2) is 15.7 Å². The molecule has 29 heavy (non-hydrogen) atoms. The molecule has 0 atom stereocenters. The maximum absolute atomic E-state index is 12.6. The lowest BCUT2D eigenvalue weighted by molar-refractivity contribution is -0.112. The van der Waals surface area contributed by atoms with Crippen LogP contribution in [0.15, 0.2) is 54.1 Å². The van der Waals surface area contributed by atoms with Gasteiger partial charge in [0.05, 0.1) is 22.9 Å². The predicted octanol–water partition coefficient (Wildman–Crippen LogP) is 5.75. The molecular formula is C21H15Cl3N4O. The lowest BCUT2D eigenvalue weighted by Gasteiger charge is -2.07. The highest BCUT2D eigenvalue weighted by Crippen LogP contribution is 2.27. The van der Waals surface area contributed by atoms with E-state index in [1.165, 1.54) is 12.1 Å². The van der Waals surface area contributed by atoms with Crippen LogP contribution in [0.5, 0.6) is 0 Å². The zero-order valence-electron chi connectivity index (χ0n) is 15.3. The average molecular weight is 446 g/mol. The molecule has 0 saturated carbocycles. The number of anilines is 1. The van der Waals surface area contributed by atoms with Crippen LogP contribution in [0.1, 0.15) is 16.8 Å². The first kappa shape index (κ1) is 20.9. The number of aromatic nitrogens is 2. The monoisotopic (exact) mass is 444 g/mol. The van der Waals surface area contributed by atoms with E-state index < -0.39 is 5.91 Å². The Hall–Kier alpha value is -2.78. The minimum Gasteiger partial charge on any atom is -0.320 e. The second-order valence-electron chi connectivity index (χ2n) is 6.18. The van der Waals surface area contributed by atoms with Crippen molar-refractivity contribution in [2.75, 3.05) is 5.32 Å². The van der Waals surface area contributed by atoms with E-state index in [1.54, 1.807) is 23.7 Å². The number of carbonyl (C=O) groups excluding carboxylic acids is 1. The highest BCUT2D eigenvalue weighted by molar-refractivity contribution is 6.36. The molecule has 0 aliphatic carbocycles. The van der Waals surface area contributed by atoms with E-state index in [1.807, 2.05) is 36.4 Å². The molecule has 0 radical (unpaired) electrons. The van der Waals surface area contributed by atoms with Gasteiger partial charge in [-0.05, 0) is 36.8 Å². The van der Waals surface area contributed by atoms with Gasteiger partial charge < -0.3 is 5.32 Å². The minimum atomic E-state index is -0.622. The number of carbonyl (C=O) groups is 1. The maximum Gasteiger partial charge on any atom is 0.266 e. The Morgan fingerprint density at radius 1 is 1.21 bits per heavy atom. The highest BCUT2D eigenvalue weighted by atomic mass is 35.5. The number of hydrogen-bond acceptors (Lipinski definition) is 3. The van der Waals surface area contributed by atoms with E-state index in [9.17, 15) is 10.1 Å². The highest BCUT2D eigenvalue weighted by Gasteiger charge is 2.17. The minimum absolute atomic E-state index is 0.134. The number of amides is 1. The van der Waals surface area contributed by atoms with Crippen molar-refractivity contribution < 1.29 is 4.79 Å². The first-order chi connectivity index (χ1) is 13.9. The molecule has 1 aromatic heterocycles. The Labute approximate surface area is 183 Å². The van der Waals surface area contributed by atoms with E-state index in [0.29, 0.717) is 38.7 Å². The number of hydrogen-bond donors (Lipinski definition) is 1. The van der Waals surface area contributed by atoms with Crippen LogP contribution in [0.25, 0.3) is 6.08 Å². The standard InChI is InChI=1S/C21H15Cl3N4O/c1-13-17(20(24)28(27-13)12-14-5-3-2-4-6-14)9-15(11-25)21(29)26-19-10-16(22)7-8-18(19)23/h2-10H,12H2,1H3,(H,26,29)/b15-9+. The number of nitrogens with one attached hydrogen (secondary N) is 1. The van der Waals surface area contributed by atoms with E-state index >= 15 is 0 Å². The van der Waals surface area contributed by atoms with Gasteiger partial charge in [0.2, 0.25) is 0 Å². The Morgan fingerprint density at radius 2 is 1.93 bits per heavy atom. The van der Waals surface area contributed by atoms with Crippen LogP contribution in [0, 0.1) is 18.3 Å². The fourth-order valence-corrected chi connectivity index (χ4v) is 3.29. The normalized spacial score (nSPS) is 11.2. The third kappa shape index (κ3) is 4.99. The summed E-state index contributed by atoms with van der Waals surface area (Å²) in [6.45, 7) is 2.24. The zero-order valence-corrected chi connectivity index (χ0v) is 17.6. The second kappa shape index (κ2) is 9.15. The number of benzene rings is 2. The third-order valence-electron chi connectivity index (χ3n) is 4.11. The summed E-state index contributed by atoms with van der Waals surface area (Å²) in [5, 5.41) is 17.5. The Kier molecular flexibility index (Phi) is 6.60. The first-order valence-electron chi connectivity index (χ1n) is 8.54.